The molecule has 3 heteroatoms. The van der Waals surface area contributed by atoms with E-state index in [0.717, 1.165) is 38.5 Å². The Morgan fingerprint density at radius 2 is 1.76 bits per heavy atom. The molecule has 4 rings (SSSR count). The van der Waals surface area contributed by atoms with Gasteiger partial charge in [-0.1, -0.05) is 73.0 Å². The Morgan fingerprint density at radius 1 is 1.06 bits per heavy atom. The molecule has 0 saturated heterocycles. The second-order valence-corrected chi connectivity index (χ2v) is 13.7. The number of carbonyl (C=O) groups is 2. The molecule has 3 fully saturated rings. The van der Waals surface area contributed by atoms with Gasteiger partial charge in [-0.2, -0.15) is 0 Å². The average Bonchev–Trinajstić information content (AvgIpc) is 3.02. The third-order valence-corrected chi connectivity index (χ3v) is 12.0. The molecule has 0 aromatic carbocycles. The SMILES string of the molecule is C[C@H](CCC[C@H](C)[C@@H]1CC[C@]2(C)C3=CC[C@@H]4C(C)(C)C(=O)CC[C@]4(C)[C@H]3CC[C@@]12C)C(=O)[O-]. The molecule has 186 valence electrons. The molecule has 4 aliphatic carbocycles. The lowest BCUT2D eigenvalue weighted by molar-refractivity contribution is -0.311. The molecule has 33 heavy (non-hydrogen) atoms. The Morgan fingerprint density at radius 3 is 2.42 bits per heavy atom. The maximum Gasteiger partial charge on any atom is 0.138 e. The second-order valence-electron chi connectivity index (χ2n) is 13.7. The van der Waals surface area contributed by atoms with Crippen molar-refractivity contribution in [2.45, 2.75) is 113 Å². The monoisotopic (exact) mass is 455 g/mol. The van der Waals surface area contributed by atoms with Gasteiger partial charge in [0.1, 0.15) is 5.78 Å². The normalized spacial score (nSPS) is 43.7. The van der Waals surface area contributed by atoms with Crippen LogP contribution in [0, 0.1) is 51.2 Å². The number of carboxylic acid groups (broad SMARTS) is 1. The highest BCUT2D eigenvalue weighted by atomic mass is 16.4. The van der Waals surface area contributed by atoms with E-state index < -0.39 is 5.97 Å². The quantitative estimate of drug-likeness (QED) is 0.438. The summed E-state index contributed by atoms with van der Waals surface area (Å²) < 4.78 is 0. The third-order valence-electron chi connectivity index (χ3n) is 12.0. The zero-order valence-electron chi connectivity index (χ0n) is 22.3. The van der Waals surface area contributed by atoms with Crippen molar-refractivity contribution < 1.29 is 14.7 Å². The van der Waals surface area contributed by atoms with E-state index in [1.807, 2.05) is 0 Å². The summed E-state index contributed by atoms with van der Waals surface area (Å²) in [5.41, 5.74) is 2.35. The zero-order chi connectivity index (χ0) is 24.4. The highest BCUT2D eigenvalue weighted by Gasteiger charge is 2.65. The molecule has 0 amide bonds. The minimum atomic E-state index is -0.912. The standard InChI is InChI=1S/C30H48O3/c1-19(9-8-10-20(2)26(32)33)21-13-17-30(7)23-11-12-24-27(3,4)25(31)15-16-28(24,5)22(23)14-18-29(21,30)6/h11,19-22,24H,8-10,12-18H2,1-7H3,(H,32,33)/p-1/t19-,20+,21-,22-,24+,28+,29-,30+/m0/s1. The Hall–Kier alpha value is -1.12. The zero-order valence-corrected chi connectivity index (χ0v) is 22.3. The van der Waals surface area contributed by atoms with Crippen LogP contribution in [0.15, 0.2) is 11.6 Å². The van der Waals surface area contributed by atoms with Gasteiger partial charge in [0, 0.05) is 17.8 Å². The molecule has 0 heterocycles. The molecule has 0 radical (unpaired) electrons. The number of ketones is 1. The molecule has 3 nitrogen and oxygen atoms in total. The number of carboxylic acids is 1. The number of Topliss-reactive ketones (excluding diaryl/α,β-unsaturated/α-hetero) is 1. The largest absolute Gasteiger partial charge is 0.550 e. The topological polar surface area (TPSA) is 57.2 Å². The van der Waals surface area contributed by atoms with Crippen molar-refractivity contribution in [3.05, 3.63) is 11.6 Å². The smallest absolute Gasteiger partial charge is 0.138 e. The highest BCUT2D eigenvalue weighted by molar-refractivity contribution is 5.85. The van der Waals surface area contributed by atoms with Gasteiger partial charge in [-0.25, -0.2) is 0 Å². The summed E-state index contributed by atoms with van der Waals surface area (Å²) in [4.78, 5) is 23.9. The molecule has 0 aromatic heterocycles. The number of carbonyl (C=O) groups excluding carboxylic acids is 2. The van der Waals surface area contributed by atoms with Crippen molar-refractivity contribution >= 4 is 11.8 Å². The lowest BCUT2D eigenvalue weighted by atomic mass is 9.41. The maximum atomic E-state index is 12.8. The fraction of sp³-hybridized carbons (Fsp3) is 0.867. The van der Waals surface area contributed by atoms with Crippen LogP contribution in [0.1, 0.15) is 113 Å². The van der Waals surface area contributed by atoms with Gasteiger partial charge in [0.2, 0.25) is 0 Å². The minimum absolute atomic E-state index is 0.202. The number of hydrogen-bond acceptors (Lipinski definition) is 3. The Labute approximate surface area is 202 Å². The van der Waals surface area contributed by atoms with Crippen molar-refractivity contribution in [3.8, 4) is 0 Å². The summed E-state index contributed by atoms with van der Waals surface area (Å²) in [6.45, 7) is 16.3. The second kappa shape index (κ2) is 8.23. The van der Waals surface area contributed by atoms with Gasteiger partial charge in [-0.15, -0.1) is 0 Å². The van der Waals surface area contributed by atoms with Crippen LogP contribution >= 0.6 is 0 Å². The average molecular weight is 456 g/mol. The Balaban J connectivity index is 1.56. The molecule has 0 aliphatic heterocycles. The fourth-order valence-corrected chi connectivity index (χ4v) is 9.53. The van der Waals surface area contributed by atoms with Crippen LogP contribution in [-0.4, -0.2) is 11.8 Å². The van der Waals surface area contributed by atoms with Gasteiger partial charge in [0.05, 0.1) is 0 Å². The Bertz CT molecular complexity index is 839. The predicted molar refractivity (Wildman–Crippen MR) is 131 cm³/mol. The van der Waals surface area contributed by atoms with Gasteiger partial charge in [-0.3, -0.25) is 4.79 Å². The summed E-state index contributed by atoms with van der Waals surface area (Å²) in [6.07, 6.45) is 13.4. The fourth-order valence-electron chi connectivity index (χ4n) is 9.53. The van der Waals surface area contributed by atoms with Gasteiger partial charge in [0.25, 0.3) is 0 Å². The first-order valence-electron chi connectivity index (χ1n) is 13.7. The number of fused-ring (bicyclic) bond motifs is 5. The van der Waals surface area contributed by atoms with E-state index in [4.69, 9.17) is 0 Å². The summed E-state index contributed by atoms with van der Waals surface area (Å²) in [5.74, 6) is 1.64. The number of allylic oxidation sites excluding steroid dienone is 2. The first-order chi connectivity index (χ1) is 15.3. The van der Waals surface area contributed by atoms with Crippen LogP contribution in [0.25, 0.3) is 0 Å². The highest BCUT2D eigenvalue weighted by Crippen LogP contribution is 2.73. The van der Waals surface area contributed by atoms with E-state index in [1.54, 1.807) is 12.5 Å². The molecular formula is C30H47O3-. The van der Waals surface area contributed by atoms with Crippen LogP contribution in [0.3, 0.4) is 0 Å². The van der Waals surface area contributed by atoms with Crippen molar-refractivity contribution in [1.29, 1.82) is 0 Å². The molecule has 4 aliphatic rings. The van der Waals surface area contributed by atoms with Crippen molar-refractivity contribution in [3.63, 3.8) is 0 Å². The molecule has 3 saturated carbocycles. The van der Waals surface area contributed by atoms with Crippen molar-refractivity contribution in [2.75, 3.05) is 0 Å². The number of aliphatic carboxylic acids is 1. The van der Waals surface area contributed by atoms with Crippen LogP contribution < -0.4 is 5.11 Å². The maximum absolute atomic E-state index is 12.8. The summed E-state index contributed by atoms with van der Waals surface area (Å²) in [7, 11) is 0. The molecule has 0 aromatic rings. The lowest BCUT2D eigenvalue weighted by Gasteiger charge is -2.63. The predicted octanol–water partition coefficient (Wildman–Crippen LogP) is 6.35. The Kier molecular flexibility index (Phi) is 6.23. The van der Waals surface area contributed by atoms with E-state index in [9.17, 15) is 14.7 Å². The molecule has 0 bridgehead atoms. The first-order valence-corrected chi connectivity index (χ1v) is 13.7. The van der Waals surface area contributed by atoms with E-state index in [-0.39, 0.29) is 22.2 Å². The minimum Gasteiger partial charge on any atom is -0.550 e. The van der Waals surface area contributed by atoms with Crippen molar-refractivity contribution in [1.82, 2.24) is 0 Å². The van der Waals surface area contributed by atoms with Gasteiger partial charge < -0.3 is 9.90 Å². The molecular weight excluding hydrogens is 408 g/mol. The molecule has 0 unspecified atom stereocenters. The number of hydrogen-bond donors (Lipinski definition) is 0. The van der Waals surface area contributed by atoms with Gasteiger partial charge in [0.15, 0.2) is 0 Å². The number of rotatable bonds is 6. The summed E-state index contributed by atoms with van der Waals surface area (Å²) in [6, 6.07) is 0. The van der Waals surface area contributed by atoms with Crippen LogP contribution in [0.4, 0.5) is 0 Å². The third kappa shape index (κ3) is 3.57. The molecule has 8 atom stereocenters. The van der Waals surface area contributed by atoms with Crippen LogP contribution in [0.2, 0.25) is 0 Å². The van der Waals surface area contributed by atoms with Crippen molar-refractivity contribution in [2.24, 2.45) is 51.2 Å². The van der Waals surface area contributed by atoms with Gasteiger partial charge >= 0.3 is 0 Å². The molecule has 0 spiro atoms. The summed E-state index contributed by atoms with van der Waals surface area (Å²) >= 11 is 0. The van der Waals surface area contributed by atoms with E-state index in [0.29, 0.717) is 34.9 Å². The summed E-state index contributed by atoms with van der Waals surface area (Å²) in [5, 5.41) is 11.1. The van der Waals surface area contributed by atoms with Crippen LogP contribution in [0.5, 0.6) is 0 Å². The van der Waals surface area contributed by atoms with E-state index >= 15 is 0 Å². The van der Waals surface area contributed by atoms with Crippen LogP contribution in [-0.2, 0) is 9.59 Å². The lowest BCUT2D eigenvalue weighted by Crippen LogP contribution is -2.57. The molecule has 0 N–H and O–H groups in total. The first kappa shape index (κ1) is 25.0. The van der Waals surface area contributed by atoms with E-state index in [1.165, 1.54) is 25.7 Å². The van der Waals surface area contributed by atoms with Gasteiger partial charge in [-0.05, 0) is 90.8 Å². The van der Waals surface area contributed by atoms with E-state index in [2.05, 4.69) is 47.6 Å².